The maximum Gasteiger partial charge on any atom is 0.124 e. The zero-order valence-electron chi connectivity index (χ0n) is 11.3. The second kappa shape index (κ2) is 8.08. The lowest BCUT2D eigenvalue weighted by Crippen LogP contribution is -2.28. The molecule has 0 amide bonds. The molecule has 3 N–H and O–H groups in total. The number of para-hydroxylation sites is 1. The largest absolute Gasteiger partial charge is 0.492 e. The fraction of sp³-hybridized carbons (Fsp3) is 0.571. The molecule has 1 atom stereocenters. The van der Waals surface area contributed by atoms with Gasteiger partial charge in [-0.15, -0.1) is 0 Å². The van der Waals surface area contributed by atoms with Crippen molar-refractivity contribution in [1.82, 2.24) is 4.90 Å². The first-order chi connectivity index (χ1) is 8.72. The van der Waals surface area contributed by atoms with E-state index < -0.39 is 0 Å². The average molecular weight is 252 g/mol. The number of nitrogens with two attached hydrogens (primary N) is 1. The molecule has 0 aromatic heterocycles. The predicted octanol–water partition coefficient (Wildman–Crippen LogP) is 1.40. The van der Waals surface area contributed by atoms with E-state index in [0.717, 1.165) is 30.9 Å². The molecule has 1 aromatic rings. The Morgan fingerprint density at radius 2 is 1.94 bits per heavy atom. The summed E-state index contributed by atoms with van der Waals surface area (Å²) in [5.41, 5.74) is 6.70. The molecule has 0 unspecified atom stereocenters. The van der Waals surface area contributed by atoms with E-state index in [1.54, 1.807) is 0 Å². The summed E-state index contributed by atoms with van der Waals surface area (Å²) in [6, 6.07) is 7.23. The molecule has 0 fully saturated rings. The number of benzene rings is 1. The Kier molecular flexibility index (Phi) is 6.72. The van der Waals surface area contributed by atoms with Gasteiger partial charge in [-0.3, -0.25) is 0 Å². The normalized spacial score (nSPS) is 12.7. The lowest BCUT2D eigenvalue weighted by molar-refractivity contribution is 0.217. The van der Waals surface area contributed by atoms with E-state index in [2.05, 4.69) is 18.7 Å². The van der Waals surface area contributed by atoms with Crippen molar-refractivity contribution in [1.29, 1.82) is 0 Å². The molecule has 1 rings (SSSR count). The van der Waals surface area contributed by atoms with Gasteiger partial charge in [-0.1, -0.05) is 32.0 Å². The second-order valence-corrected chi connectivity index (χ2v) is 4.20. The van der Waals surface area contributed by atoms with Gasteiger partial charge in [0.15, 0.2) is 0 Å². The zero-order valence-corrected chi connectivity index (χ0v) is 11.3. The third-order valence-corrected chi connectivity index (χ3v) is 3.07. The molecule has 0 radical (unpaired) electrons. The van der Waals surface area contributed by atoms with Crippen LogP contribution in [0.15, 0.2) is 24.3 Å². The number of hydrogen-bond donors (Lipinski definition) is 2. The van der Waals surface area contributed by atoms with Crippen molar-refractivity contribution in [2.45, 2.75) is 19.9 Å². The lowest BCUT2D eigenvalue weighted by Gasteiger charge is -2.20. The predicted molar refractivity (Wildman–Crippen MR) is 73.7 cm³/mol. The van der Waals surface area contributed by atoms with E-state index in [-0.39, 0.29) is 12.6 Å². The van der Waals surface area contributed by atoms with Gasteiger partial charge in [0.05, 0.1) is 12.6 Å². The van der Waals surface area contributed by atoms with E-state index in [0.29, 0.717) is 6.61 Å². The van der Waals surface area contributed by atoms with Crippen molar-refractivity contribution in [2.75, 3.05) is 32.8 Å². The summed E-state index contributed by atoms with van der Waals surface area (Å²) in [6.45, 7) is 7.79. The number of likely N-dealkylation sites (N-methyl/N-ethyl adjacent to an activating group) is 1. The summed E-state index contributed by atoms with van der Waals surface area (Å²) >= 11 is 0. The summed E-state index contributed by atoms with van der Waals surface area (Å²) in [5.74, 6) is 0.770. The summed E-state index contributed by atoms with van der Waals surface area (Å²) in [7, 11) is 0. The first-order valence-corrected chi connectivity index (χ1v) is 6.53. The molecule has 18 heavy (non-hydrogen) atoms. The fourth-order valence-corrected chi connectivity index (χ4v) is 1.84. The molecule has 0 bridgehead atoms. The molecule has 4 heteroatoms. The van der Waals surface area contributed by atoms with E-state index in [1.165, 1.54) is 0 Å². The standard InChI is InChI=1S/C14H24N2O2/c1-3-16(4-2)9-10-18-14-8-6-5-7-12(14)13(15)11-17/h5-8,13,17H,3-4,9-11,15H2,1-2H3/t13-/m1/s1. The molecular weight excluding hydrogens is 228 g/mol. The fourth-order valence-electron chi connectivity index (χ4n) is 1.84. The van der Waals surface area contributed by atoms with Crippen molar-refractivity contribution in [3.8, 4) is 5.75 Å². The second-order valence-electron chi connectivity index (χ2n) is 4.20. The van der Waals surface area contributed by atoms with Crippen LogP contribution in [0.4, 0.5) is 0 Å². The first-order valence-electron chi connectivity index (χ1n) is 6.53. The van der Waals surface area contributed by atoms with E-state index in [9.17, 15) is 0 Å². The number of hydrogen-bond acceptors (Lipinski definition) is 4. The maximum atomic E-state index is 9.11. The molecule has 4 nitrogen and oxygen atoms in total. The quantitative estimate of drug-likeness (QED) is 0.734. The SMILES string of the molecule is CCN(CC)CCOc1ccccc1[C@H](N)CO. The van der Waals surface area contributed by atoms with Crippen LogP contribution in [0.2, 0.25) is 0 Å². The molecular formula is C14H24N2O2. The highest BCUT2D eigenvalue weighted by molar-refractivity contribution is 5.35. The minimum atomic E-state index is -0.380. The molecule has 1 aromatic carbocycles. The van der Waals surface area contributed by atoms with Crippen LogP contribution in [-0.4, -0.2) is 42.9 Å². The highest BCUT2D eigenvalue weighted by atomic mass is 16.5. The summed E-state index contributed by atoms with van der Waals surface area (Å²) < 4.78 is 5.76. The van der Waals surface area contributed by atoms with Crippen LogP contribution in [0.3, 0.4) is 0 Å². The number of ether oxygens (including phenoxy) is 1. The van der Waals surface area contributed by atoms with Crippen LogP contribution in [-0.2, 0) is 0 Å². The Labute approximate surface area is 109 Å². The van der Waals surface area contributed by atoms with Gasteiger partial charge in [0, 0.05) is 12.1 Å². The van der Waals surface area contributed by atoms with Gasteiger partial charge in [-0.2, -0.15) is 0 Å². The highest BCUT2D eigenvalue weighted by Gasteiger charge is 2.10. The third kappa shape index (κ3) is 4.29. The smallest absolute Gasteiger partial charge is 0.124 e. The van der Waals surface area contributed by atoms with Crippen molar-refractivity contribution < 1.29 is 9.84 Å². The lowest BCUT2D eigenvalue weighted by atomic mass is 10.1. The van der Waals surface area contributed by atoms with Crippen molar-refractivity contribution in [3.63, 3.8) is 0 Å². The van der Waals surface area contributed by atoms with Crippen molar-refractivity contribution in [2.24, 2.45) is 5.73 Å². The van der Waals surface area contributed by atoms with Crippen molar-refractivity contribution >= 4 is 0 Å². The van der Waals surface area contributed by atoms with Crippen LogP contribution in [0.5, 0.6) is 5.75 Å². The summed E-state index contributed by atoms with van der Waals surface area (Å²) in [4.78, 5) is 2.30. The minimum absolute atomic E-state index is 0.0730. The number of aliphatic hydroxyl groups excluding tert-OH is 1. The van der Waals surface area contributed by atoms with Gasteiger partial charge in [-0.05, 0) is 19.2 Å². The van der Waals surface area contributed by atoms with Gasteiger partial charge in [-0.25, -0.2) is 0 Å². The van der Waals surface area contributed by atoms with Gasteiger partial charge >= 0.3 is 0 Å². The highest BCUT2D eigenvalue weighted by Crippen LogP contribution is 2.23. The molecule has 0 aliphatic rings. The topological polar surface area (TPSA) is 58.7 Å². The summed E-state index contributed by atoms with van der Waals surface area (Å²) in [5, 5.41) is 9.11. The summed E-state index contributed by atoms with van der Waals surface area (Å²) in [6.07, 6.45) is 0. The van der Waals surface area contributed by atoms with Crippen LogP contribution in [0.25, 0.3) is 0 Å². The molecule has 0 spiro atoms. The van der Waals surface area contributed by atoms with E-state index >= 15 is 0 Å². The van der Waals surface area contributed by atoms with Crippen LogP contribution < -0.4 is 10.5 Å². The monoisotopic (exact) mass is 252 g/mol. The minimum Gasteiger partial charge on any atom is -0.492 e. The van der Waals surface area contributed by atoms with Crippen LogP contribution in [0.1, 0.15) is 25.5 Å². The average Bonchev–Trinajstić information content (AvgIpc) is 2.43. The number of rotatable bonds is 8. The molecule has 0 aliphatic carbocycles. The van der Waals surface area contributed by atoms with E-state index in [4.69, 9.17) is 15.6 Å². The van der Waals surface area contributed by atoms with Crippen molar-refractivity contribution in [3.05, 3.63) is 29.8 Å². The van der Waals surface area contributed by atoms with Gasteiger partial charge in [0.2, 0.25) is 0 Å². The molecule has 0 heterocycles. The number of nitrogens with zero attached hydrogens (tertiary/aromatic N) is 1. The molecule has 0 aliphatic heterocycles. The first kappa shape index (κ1) is 15.0. The molecule has 0 saturated carbocycles. The number of aliphatic hydroxyl groups is 1. The Morgan fingerprint density at radius 3 is 2.56 bits per heavy atom. The molecule has 102 valence electrons. The van der Waals surface area contributed by atoms with Gasteiger partial charge in [0.25, 0.3) is 0 Å². The zero-order chi connectivity index (χ0) is 13.4. The molecule has 0 saturated heterocycles. The van der Waals surface area contributed by atoms with Gasteiger partial charge in [0.1, 0.15) is 12.4 Å². The van der Waals surface area contributed by atoms with Crippen LogP contribution >= 0.6 is 0 Å². The Hall–Kier alpha value is -1.10. The van der Waals surface area contributed by atoms with E-state index in [1.807, 2.05) is 24.3 Å². The Balaban J connectivity index is 2.56. The van der Waals surface area contributed by atoms with Crippen LogP contribution in [0, 0.1) is 0 Å². The van der Waals surface area contributed by atoms with Gasteiger partial charge < -0.3 is 20.5 Å². The Bertz CT molecular complexity index is 340. The Morgan fingerprint density at radius 1 is 1.28 bits per heavy atom. The third-order valence-electron chi connectivity index (χ3n) is 3.07. The maximum absolute atomic E-state index is 9.11.